The number of imide groups is 1. The fourth-order valence-corrected chi connectivity index (χ4v) is 12.5. The van der Waals surface area contributed by atoms with Crippen LogP contribution in [0.4, 0.5) is 4.39 Å². The molecule has 3 aliphatic heterocycles. The molecule has 32 heteroatoms. The summed E-state index contributed by atoms with van der Waals surface area (Å²) in [5.41, 5.74) is 1.70. The molecule has 5 aliphatic rings. The van der Waals surface area contributed by atoms with Gasteiger partial charge in [0, 0.05) is 74.1 Å². The van der Waals surface area contributed by atoms with Crippen molar-refractivity contribution in [2.75, 3.05) is 59.7 Å². The number of pyridine rings is 2. The molecule has 2 aromatic carbocycles. The Labute approximate surface area is 559 Å². The highest BCUT2D eigenvalue weighted by atomic mass is 19.1. The van der Waals surface area contributed by atoms with Crippen molar-refractivity contribution in [3.63, 3.8) is 0 Å². The number of aromatic nitrogens is 2. The first-order chi connectivity index (χ1) is 46.8. The zero-order valence-corrected chi connectivity index (χ0v) is 53.9. The predicted molar refractivity (Wildman–Crippen MR) is 340 cm³/mol. The standard InChI is InChI=1S/C66H80FN11O20/c1-34-37-14-15-42(58-38-28-78-46(59(38)75-44(57(37)58)23-41(34)67)22-40-39(63(78)93)31-98-65(95)66(40,96)24-36-12-13-36)72-54(87)32-97-33-71-52(85)26-70-62(92)45(21-35-9-5-3-6-10-35)74-53(86)27-69-51(84)25-68-49(82)17-16-43(64(94)76(2)29-47(80)60(90)61(91)48(81)30-79)73-50(83)11-7-4-8-20-77-55(88)18-19-56(77)89/h3,5-6,9-10,18-19,22-23,36,42-43,45,47-48,60-61,79-81,90-91,96H,4,7-8,11-17,20-21,24-33H2,1-2H3,(H,68,82)(H,69,84)(H,70,92)(H,71,85)(H,72,87)(H,73,83)(H,74,86)/t42-,43-,45-,47-,48+,60+,61+,66-/m0/s1. The zero-order chi connectivity index (χ0) is 70.7. The number of hydrogen-bond donors (Lipinski definition) is 13. The van der Waals surface area contributed by atoms with Crippen molar-refractivity contribution >= 4 is 75.9 Å². The van der Waals surface area contributed by atoms with Crippen molar-refractivity contribution in [3.05, 3.63) is 110 Å². The average molecular weight is 1370 g/mol. The number of carbonyl (C=O) groups excluding carboxylic acids is 11. The Balaban J connectivity index is 0.731. The molecule has 9 rings (SSSR count). The van der Waals surface area contributed by atoms with Crippen molar-refractivity contribution < 1.29 is 97.2 Å². The monoisotopic (exact) mass is 1370 g/mol. The van der Waals surface area contributed by atoms with Crippen LogP contribution in [0.25, 0.3) is 22.3 Å². The van der Waals surface area contributed by atoms with Crippen LogP contribution in [-0.2, 0) is 93.8 Å². The number of unbranched alkanes of at least 4 members (excludes halogenated alkanes) is 2. The number of nitrogens with zero attached hydrogens (tertiary/aromatic N) is 4. The lowest BCUT2D eigenvalue weighted by Gasteiger charge is -2.32. The molecule has 2 aromatic heterocycles. The normalized spacial score (nSPS) is 18.4. The number of aryl methyl sites for hydroxylation is 1. The van der Waals surface area contributed by atoms with Crippen molar-refractivity contribution in [2.45, 2.75) is 145 Å². The molecule has 4 aromatic rings. The lowest BCUT2D eigenvalue weighted by Crippen LogP contribution is -2.53. The third-order valence-electron chi connectivity index (χ3n) is 18.0. The van der Waals surface area contributed by atoms with Crippen LogP contribution >= 0.6 is 0 Å². The Morgan fingerprint density at radius 3 is 2.16 bits per heavy atom. The van der Waals surface area contributed by atoms with Gasteiger partial charge in [-0.05, 0) is 79.7 Å². The molecule has 13 N–H and O–H groups in total. The van der Waals surface area contributed by atoms with Gasteiger partial charge in [0.1, 0.15) is 62.3 Å². The number of hydrogen-bond acceptors (Lipinski definition) is 21. The second kappa shape index (κ2) is 32.3. The van der Waals surface area contributed by atoms with E-state index in [1.54, 1.807) is 43.3 Å². The largest absolute Gasteiger partial charge is 0.458 e. The number of aliphatic hydroxyl groups excluding tert-OH is 5. The molecule has 2 aliphatic carbocycles. The quantitative estimate of drug-likeness (QED) is 0.00836. The second-order valence-electron chi connectivity index (χ2n) is 25.1. The third kappa shape index (κ3) is 17.4. The number of carbonyl (C=O) groups is 11. The minimum atomic E-state index is -2.04. The van der Waals surface area contributed by atoms with Crippen LogP contribution in [0, 0.1) is 18.7 Å². The van der Waals surface area contributed by atoms with E-state index >= 15 is 4.39 Å². The SMILES string of the molecule is Cc1c(F)cc2nc3c(c4c2c1CC[C@@H]4NC(=O)COCNC(=O)CNC(=O)[C@H](Cc1ccccc1)NC(=O)CNC(=O)CNC(=O)CC[C@H](NC(=O)CCCCCN1C(=O)C=CC1=O)C(=O)N(C)C[C@H](O)[C@@H](O)[C@H](O)[C@H](O)CO)Cn1c-3cc2c(c1=O)COC(=O)[C@]2(O)CC1CC1. The van der Waals surface area contributed by atoms with E-state index in [0.717, 1.165) is 34.8 Å². The number of ether oxygens (including phenoxy) is 2. The second-order valence-corrected chi connectivity index (χ2v) is 25.1. The predicted octanol–water partition coefficient (Wildman–Crippen LogP) is -3.17. The fourth-order valence-electron chi connectivity index (χ4n) is 12.5. The number of esters is 1. The molecule has 8 atom stereocenters. The Morgan fingerprint density at radius 2 is 1.45 bits per heavy atom. The number of cyclic esters (lactones) is 1. The van der Waals surface area contributed by atoms with E-state index in [2.05, 4.69) is 37.2 Å². The summed E-state index contributed by atoms with van der Waals surface area (Å²) < 4.78 is 27.9. The summed E-state index contributed by atoms with van der Waals surface area (Å²) in [6.45, 7) is -3.07. The van der Waals surface area contributed by atoms with Gasteiger partial charge in [-0.3, -0.25) is 57.6 Å². The number of rotatable bonds is 34. The van der Waals surface area contributed by atoms with Crippen LogP contribution in [0.1, 0.15) is 109 Å². The minimum Gasteiger partial charge on any atom is -0.458 e. The van der Waals surface area contributed by atoms with Crippen LogP contribution in [0.2, 0.25) is 0 Å². The van der Waals surface area contributed by atoms with E-state index in [-0.39, 0.29) is 74.4 Å². The lowest BCUT2D eigenvalue weighted by atomic mass is 9.81. The molecule has 0 radical (unpaired) electrons. The van der Waals surface area contributed by atoms with Crippen LogP contribution in [-0.4, -0.2) is 211 Å². The highest BCUT2D eigenvalue weighted by Crippen LogP contribution is 2.48. The Morgan fingerprint density at radius 1 is 0.776 bits per heavy atom. The summed E-state index contributed by atoms with van der Waals surface area (Å²) in [6, 6.07) is 8.04. The van der Waals surface area contributed by atoms with Gasteiger partial charge in [-0.1, -0.05) is 49.6 Å². The van der Waals surface area contributed by atoms with Crippen LogP contribution in [0.5, 0.6) is 0 Å². The molecule has 5 heterocycles. The van der Waals surface area contributed by atoms with Gasteiger partial charge in [-0.25, -0.2) is 14.2 Å². The van der Waals surface area contributed by atoms with Gasteiger partial charge in [0.25, 0.3) is 17.4 Å². The average Bonchev–Trinajstić information content (AvgIpc) is 1.49. The molecule has 98 heavy (non-hydrogen) atoms. The highest BCUT2D eigenvalue weighted by Gasteiger charge is 2.50. The summed E-state index contributed by atoms with van der Waals surface area (Å²) in [6.07, 6.45) is -2.87. The number of halogens is 1. The molecule has 0 bridgehead atoms. The van der Waals surface area contributed by atoms with Crippen molar-refractivity contribution in [1.29, 1.82) is 0 Å². The van der Waals surface area contributed by atoms with E-state index in [4.69, 9.17) is 19.6 Å². The molecule has 526 valence electrons. The van der Waals surface area contributed by atoms with E-state index in [1.807, 2.05) is 0 Å². The maximum Gasteiger partial charge on any atom is 0.343 e. The topological polar surface area (TPSA) is 453 Å². The molecule has 1 fully saturated rings. The molecule has 0 unspecified atom stereocenters. The first-order valence-corrected chi connectivity index (χ1v) is 32.3. The van der Waals surface area contributed by atoms with Gasteiger partial charge in [0.2, 0.25) is 47.3 Å². The Kier molecular flexibility index (Phi) is 24.0. The number of fused-ring (bicyclic) bond motifs is 5. The van der Waals surface area contributed by atoms with Crippen LogP contribution < -0.4 is 42.8 Å². The van der Waals surface area contributed by atoms with Gasteiger partial charge < -0.3 is 86.8 Å². The minimum absolute atomic E-state index is 0.0279. The fraction of sp³-hybridized carbons (Fsp3) is 0.500. The molecular formula is C66H80FN11O20. The smallest absolute Gasteiger partial charge is 0.343 e. The Hall–Kier alpha value is -9.44. The van der Waals surface area contributed by atoms with Gasteiger partial charge in [0.05, 0.1) is 61.3 Å². The van der Waals surface area contributed by atoms with Gasteiger partial charge in [-0.2, -0.15) is 0 Å². The van der Waals surface area contributed by atoms with Crippen LogP contribution in [0.3, 0.4) is 0 Å². The third-order valence-corrected chi connectivity index (χ3v) is 18.0. The first-order valence-electron chi connectivity index (χ1n) is 32.3. The Bertz CT molecular complexity index is 3850. The van der Waals surface area contributed by atoms with Crippen LogP contribution in [0.15, 0.2) is 59.4 Å². The van der Waals surface area contributed by atoms with Gasteiger partial charge in [0.15, 0.2) is 5.60 Å². The van der Waals surface area contributed by atoms with Crippen molar-refractivity contribution in [1.82, 2.24) is 56.6 Å². The van der Waals surface area contributed by atoms with Crippen molar-refractivity contribution in [3.8, 4) is 11.4 Å². The molecule has 1 saturated carbocycles. The molecule has 10 amide bonds. The summed E-state index contributed by atoms with van der Waals surface area (Å²) >= 11 is 0. The van der Waals surface area contributed by atoms with E-state index in [1.165, 1.54) is 17.7 Å². The summed E-state index contributed by atoms with van der Waals surface area (Å²) in [4.78, 5) is 164. The van der Waals surface area contributed by atoms with E-state index in [9.17, 15) is 83.1 Å². The molecule has 31 nitrogen and oxygen atoms in total. The summed E-state index contributed by atoms with van der Waals surface area (Å²) in [7, 11) is 1.19. The molecule has 0 saturated heterocycles. The number of nitrogens with one attached hydrogen (secondary N) is 7. The van der Waals surface area contributed by atoms with Crippen molar-refractivity contribution in [2.24, 2.45) is 5.92 Å². The van der Waals surface area contributed by atoms with E-state index in [0.29, 0.717) is 70.3 Å². The summed E-state index contributed by atoms with van der Waals surface area (Å²) in [5, 5.41) is 79.8. The highest BCUT2D eigenvalue weighted by molar-refractivity contribution is 6.12. The van der Waals surface area contributed by atoms with Gasteiger partial charge >= 0.3 is 5.97 Å². The number of aliphatic hydroxyl groups is 6. The number of likely N-dealkylation sites (N-methyl/N-ethyl adjacent to an activating group) is 1. The number of amides is 10. The lowest BCUT2D eigenvalue weighted by molar-refractivity contribution is -0.173. The maximum atomic E-state index is 15.5. The van der Waals surface area contributed by atoms with Gasteiger partial charge in [-0.15, -0.1) is 0 Å². The zero-order valence-electron chi connectivity index (χ0n) is 53.9. The molecular weight excluding hydrogens is 1290 g/mol. The first kappa shape index (κ1) is 72.8. The molecule has 0 spiro atoms. The number of benzene rings is 2. The summed E-state index contributed by atoms with van der Waals surface area (Å²) in [5.74, 6) is -8.21. The maximum absolute atomic E-state index is 15.5. The van der Waals surface area contributed by atoms with E-state index < -0.39 is 177 Å².